The van der Waals surface area contributed by atoms with E-state index in [9.17, 15) is 4.21 Å². The van der Waals surface area contributed by atoms with Gasteiger partial charge in [0.25, 0.3) is 0 Å². The third-order valence-corrected chi connectivity index (χ3v) is 5.97. The molecule has 4 rings (SSSR count). The summed E-state index contributed by atoms with van der Waals surface area (Å²) in [5.74, 6) is 1.58. The normalized spacial score (nSPS) is 16.8. The Morgan fingerprint density at radius 1 is 1.32 bits per heavy atom. The van der Waals surface area contributed by atoms with Crippen LogP contribution in [-0.2, 0) is 27.7 Å². The van der Waals surface area contributed by atoms with Gasteiger partial charge in [-0.1, -0.05) is 0 Å². The first-order valence-corrected chi connectivity index (χ1v) is 10.3. The number of H-pyrrole nitrogens is 1. The molecule has 148 valence electrons. The van der Waals surface area contributed by atoms with Gasteiger partial charge >= 0.3 is 0 Å². The first-order valence-electron chi connectivity index (χ1n) is 9.01. The minimum atomic E-state index is -1.38. The molecule has 9 heteroatoms. The summed E-state index contributed by atoms with van der Waals surface area (Å²) in [6, 6.07) is 3.54. The summed E-state index contributed by atoms with van der Waals surface area (Å²) in [7, 11) is 1.85. The summed E-state index contributed by atoms with van der Waals surface area (Å²) in [6.45, 7) is 2.62. The molecular formula is C19H22N4O4S. The maximum atomic E-state index is 12.9. The fourth-order valence-corrected chi connectivity index (χ4v) is 4.36. The van der Waals surface area contributed by atoms with E-state index in [1.165, 1.54) is 0 Å². The number of hydrogen-bond acceptors (Lipinski definition) is 7. The fraction of sp³-hybridized carbons (Fsp3) is 0.421. The zero-order valence-corrected chi connectivity index (χ0v) is 16.8. The van der Waals surface area contributed by atoms with Crippen LogP contribution in [0.4, 0.5) is 0 Å². The lowest BCUT2D eigenvalue weighted by molar-refractivity contribution is 0.138. The van der Waals surface area contributed by atoms with Crippen LogP contribution in [0.1, 0.15) is 23.2 Å². The second-order valence-electron chi connectivity index (χ2n) is 6.67. The largest absolute Gasteiger partial charge is 0.489 e. The van der Waals surface area contributed by atoms with Gasteiger partial charge in [0.05, 0.1) is 34.9 Å². The van der Waals surface area contributed by atoms with Crippen LogP contribution in [0.5, 0.6) is 11.6 Å². The van der Waals surface area contributed by atoms with Gasteiger partial charge in [0.15, 0.2) is 10.8 Å². The van der Waals surface area contributed by atoms with Gasteiger partial charge < -0.3 is 19.2 Å². The number of nitrogens with zero attached hydrogens (tertiary/aromatic N) is 3. The van der Waals surface area contributed by atoms with E-state index in [0.717, 1.165) is 35.4 Å². The van der Waals surface area contributed by atoms with Crippen LogP contribution < -0.4 is 9.47 Å². The number of aromatic amines is 1. The number of pyridine rings is 2. The SMILES string of the molecule is COCCC1Cc2cnc(CS(=O)c3nc4nc(OC)ccc4[nH]3)c(C)c2O1. The van der Waals surface area contributed by atoms with Crippen LogP contribution in [0.15, 0.2) is 23.5 Å². The number of imidazole rings is 1. The number of nitrogens with one attached hydrogen (secondary N) is 1. The number of methoxy groups -OCH3 is 2. The van der Waals surface area contributed by atoms with Crippen molar-refractivity contribution in [2.45, 2.75) is 36.8 Å². The van der Waals surface area contributed by atoms with E-state index in [1.54, 1.807) is 20.3 Å². The van der Waals surface area contributed by atoms with E-state index in [-0.39, 0.29) is 11.9 Å². The number of fused-ring (bicyclic) bond motifs is 2. The van der Waals surface area contributed by atoms with E-state index < -0.39 is 10.8 Å². The number of hydrogen-bond donors (Lipinski definition) is 1. The van der Waals surface area contributed by atoms with E-state index in [2.05, 4.69) is 19.9 Å². The summed E-state index contributed by atoms with van der Waals surface area (Å²) >= 11 is 0. The summed E-state index contributed by atoms with van der Waals surface area (Å²) in [5.41, 5.74) is 3.96. The molecule has 0 aliphatic carbocycles. The van der Waals surface area contributed by atoms with Crippen LogP contribution in [0, 0.1) is 6.92 Å². The van der Waals surface area contributed by atoms with Gasteiger partial charge in [-0.15, -0.1) is 0 Å². The molecule has 28 heavy (non-hydrogen) atoms. The quantitative estimate of drug-likeness (QED) is 0.647. The molecule has 0 fully saturated rings. The summed E-state index contributed by atoms with van der Waals surface area (Å²) in [4.78, 5) is 16.2. The van der Waals surface area contributed by atoms with Gasteiger partial charge in [-0.05, 0) is 13.0 Å². The topological polar surface area (TPSA) is 99.2 Å². The Kier molecular flexibility index (Phi) is 5.27. The third-order valence-electron chi connectivity index (χ3n) is 4.81. The van der Waals surface area contributed by atoms with Gasteiger partial charge in [0.1, 0.15) is 11.9 Å². The summed E-state index contributed by atoms with van der Waals surface area (Å²) < 4.78 is 29.2. The van der Waals surface area contributed by atoms with Crippen molar-refractivity contribution >= 4 is 22.0 Å². The van der Waals surface area contributed by atoms with Crippen LogP contribution in [-0.4, -0.2) is 51.1 Å². The van der Waals surface area contributed by atoms with E-state index in [0.29, 0.717) is 28.8 Å². The molecule has 3 aromatic rings. The highest BCUT2D eigenvalue weighted by Crippen LogP contribution is 2.34. The Balaban J connectivity index is 1.53. The van der Waals surface area contributed by atoms with Gasteiger partial charge in [0, 0.05) is 49.9 Å². The molecule has 8 nitrogen and oxygen atoms in total. The molecule has 0 spiro atoms. The molecule has 2 atom stereocenters. The lowest BCUT2D eigenvalue weighted by atomic mass is 10.1. The zero-order chi connectivity index (χ0) is 19.7. The molecular weight excluding hydrogens is 380 g/mol. The smallest absolute Gasteiger partial charge is 0.215 e. The average Bonchev–Trinajstić information content (AvgIpc) is 3.32. The molecule has 0 saturated carbocycles. The van der Waals surface area contributed by atoms with Crippen molar-refractivity contribution in [1.82, 2.24) is 19.9 Å². The Bertz CT molecular complexity index is 1040. The second kappa shape index (κ2) is 7.84. The lowest BCUT2D eigenvalue weighted by Crippen LogP contribution is -2.15. The van der Waals surface area contributed by atoms with Gasteiger partial charge in [-0.3, -0.25) is 9.19 Å². The van der Waals surface area contributed by atoms with E-state index in [4.69, 9.17) is 14.2 Å². The molecule has 1 N–H and O–H groups in total. The molecule has 0 amide bonds. The Morgan fingerprint density at radius 3 is 2.96 bits per heavy atom. The fourth-order valence-electron chi connectivity index (χ4n) is 3.27. The first kappa shape index (κ1) is 18.8. The van der Waals surface area contributed by atoms with E-state index in [1.807, 2.05) is 19.2 Å². The minimum Gasteiger partial charge on any atom is -0.489 e. The Hall–Kier alpha value is -2.52. The monoisotopic (exact) mass is 402 g/mol. The van der Waals surface area contributed by atoms with Crippen molar-refractivity contribution in [3.8, 4) is 11.6 Å². The third kappa shape index (κ3) is 3.59. The second-order valence-corrected chi connectivity index (χ2v) is 8.03. The number of rotatable bonds is 7. The van der Waals surface area contributed by atoms with Crippen LogP contribution in [0.2, 0.25) is 0 Å². The van der Waals surface area contributed by atoms with Crippen molar-refractivity contribution in [1.29, 1.82) is 0 Å². The highest BCUT2D eigenvalue weighted by atomic mass is 32.2. The summed E-state index contributed by atoms with van der Waals surface area (Å²) in [5, 5.41) is 0.372. The first-order chi connectivity index (χ1) is 13.6. The maximum absolute atomic E-state index is 12.9. The molecule has 0 aromatic carbocycles. The molecule has 1 aliphatic rings. The van der Waals surface area contributed by atoms with Crippen molar-refractivity contribution in [2.75, 3.05) is 20.8 Å². The van der Waals surface area contributed by atoms with Gasteiger partial charge in [0.2, 0.25) is 5.88 Å². The predicted octanol–water partition coefficient (Wildman–Crippen LogP) is 2.32. The van der Waals surface area contributed by atoms with E-state index >= 15 is 0 Å². The molecule has 4 heterocycles. The highest BCUT2D eigenvalue weighted by molar-refractivity contribution is 7.84. The van der Waals surface area contributed by atoms with Crippen molar-refractivity contribution in [3.05, 3.63) is 35.2 Å². The average molecular weight is 402 g/mol. The van der Waals surface area contributed by atoms with Gasteiger partial charge in [-0.2, -0.15) is 4.98 Å². The predicted molar refractivity (Wildman–Crippen MR) is 104 cm³/mol. The van der Waals surface area contributed by atoms with Gasteiger partial charge in [-0.25, -0.2) is 4.98 Å². The molecule has 1 aliphatic heterocycles. The van der Waals surface area contributed by atoms with Crippen molar-refractivity contribution in [3.63, 3.8) is 0 Å². The van der Waals surface area contributed by atoms with Crippen LogP contribution in [0.3, 0.4) is 0 Å². The van der Waals surface area contributed by atoms with Crippen molar-refractivity contribution < 1.29 is 18.4 Å². The minimum absolute atomic E-state index is 0.104. The van der Waals surface area contributed by atoms with Crippen LogP contribution in [0.25, 0.3) is 11.2 Å². The lowest BCUT2D eigenvalue weighted by Gasteiger charge is -2.12. The number of ether oxygens (including phenoxy) is 3. The Morgan fingerprint density at radius 2 is 2.18 bits per heavy atom. The maximum Gasteiger partial charge on any atom is 0.215 e. The molecule has 0 bridgehead atoms. The standard InChI is InChI=1S/C19H22N4O4S/c1-11-15(20-9-12-8-13(6-7-25-2)27-17(11)12)10-28(24)19-21-14-4-5-16(26-3)22-18(14)23-19/h4-5,9,13H,6-8,10H2,1-3H3,(H,21,22,23). The van der Waals surface area contributed by atoms with Crippen molar-refractivity contribution in [2.24, 2.45) is 0 Å². The summed E-state index contributed by atoms with van der Waals surface area (Å²) in [6.07, 6.45) is 3.59. The number of aromatic nitrogens is 4. The highest BCUT2D eigenvalue weighted by Gasteiger charge is 2.26. The molecule has 0 radical (unpaired) electrons. The molecule has 3 aromatic heterocycles. The molecule has 2 unspecified atom stereocenters. The Labute approximate surface area is 165 Å². The molecule has 0 saturated heterocycles. The zero-order valence-electron chi connectivity index (χ0n) is 16.0. The van der Waals surface area contributed by atoms with Crippen LogP contribution >= 0.6 is 0 Å².